The molecule has 2 rings (SSSR count). The molecule has 1 aliphatic rings. The third-order valence-corrected chi connectivity index (χ3v) is 5.00. The number of carboxylic acids is 1. The first kappa shape index (κ1) is 16.7. The second-order valence-corrected chi connectivity index (χ2v) is 7.09. The number of hydrogen-bond donors (Lipinski definition) is 2. The fraction of sp³-hybridized carbons (Fsp3) is 0.500. The molecule has 1 saturated carbocycles. The van der Waals surface area contributed by atoms with Gasteiger partial charge in [-0.15, -0.1) is 0 Å². The minimum Gasteiger partial charge on any atom is -0.478 e. The van der Waals surface area contributed by atoms with Crippen LogP contribution in [0.5, 0.6) is 0 Å². The van der Waals surface area contributed by atoms with E-state index in [9.17, 15) is 13.8 Å². The van der Waals surface area contributed by atoms with Crippen LogP contribution >= 0.6 is 0 Å². The van der Waals surface area contributed by atoms with Crippen LogP contribution in [-0.2, 0) is 21.3 Å². The molecule has 0 spiro atoms. The Kier molecular flexibility index (Phi) is 6.12. The summed E-state index contributed by atoms with van der Waals surface area (Å²) in [5.74, 6) is -1.03. The lowest BCUT2D eigenvalue weighted by atomic mass is 9.95. The average molecular weight is 323 g/mol. The molecule has 1 fully saturated rings. The highest BCUT2D eigenvalue weighted by Gasteiger charge is 2.17. The average Bonchev–Trinajstić information content (AvgIpc) is 2.48. The zero-order valence-corrected chi connectivity index (χ0v) is 13.2. The lowest BCUT2D eigenvalue weighted by Gasteiger charge is -2.22. The maximum Gasteiger partial charge on any atom is 0.335 e. The Balaban J connectivity index is 1.83. The second-order valence-electron chi connectivity index (χ2n) is 5.64. The first-order chi connectivity index (χ1) is 10.5. The van der Waals surface area contributed by atoms with Crippen molar-refractivity contribution in [1.29, 1.82) is 0 Å². The van der Waals surface area contributed by atoms with Crippen molar-refractivity contribution in [2.75, 3.05) is 5.75 Å². The van der Waals surface area contributed by atoms with E-state index in [1.807, 2.05) is 0 Å². The van der Waals surface area contributed by atoms with Crippen LogP contribution in [0.3, 0.4) is 0 Å². The summed E-state index contributed by atoms with van der Waals surface area (Å²) in [5, 5.41) is 11.9. The van der Waals surface area contributed by atoms with Crippen molar-refractivity contribution in [3.05, 3.63) is 35.4 Å². The minimum atomic E-state index is -1.33. The Morgan fingerprint density at radius 2 is 1.95 bits per heavy atom. The minimum absolute atomic E-state index is 0.0339. The van der Waals surface area contributed by atoms with Crippen LogP contribution in [0.1, 0.15) is 48.0 Å². The van der Waals surface area contributed by atoms with Crippen molar-refractivity contribution in [3.8, 4) is 0 Å². The molecule has 0 heterocycles. The van der Waals surface area contributed by atoms with E-state index >= 15 is 0 Å². The summed E-state index contributed by atoms with van der Waals surface area (Å²) >= 11 is 0. The topological polar surface area (TPSA) is 83.5 Å². The molecule has 0 radical (unpaired) electrons. The lowest BCUT2D eigenvalue weighted by Crippen LogP contribution is -2.38. The van der Waals surface area contributed by atoms with Gasteiger partial charge in [0.15, 0.2) is 0 Å². The van der Waals surface area contributed by atoms with E-state index < -0.39 is 16.8 Å². The van der Waals surface area contributed by atoms with Crippen LogP contribution in [-0.4, -0.2) is 33.0 Å². The second kappa shape index (κ2) is 8.08. The van der Waals surface area contributed by atoms with Gasteiger partial charge < -0.3 is 10.4 Å². The third kappa shape index (κ3) is 5.26. The fourth-order valence-corrected chi connectivity index (χ4v) is 3.72. The van der Waals surface area contributed by atoms with Crippen molar-refractivity contribution in [2.24, 2.45) is 0 Å². The monoisotopic (exact) mass is 323 g/mol. The first-order valence-electron chi connectivity index (χ1n) is 7.51. The summed E-state index contributed by atoms with van der Waals surface area (Å²) in [5.41, 5.74) is 0.838. The van der Waals surface area contributed by atoms with Crippen LogP contribution in [0.25, 0.3) is 0 Å². The smallest absolute Gasteiger partial charge is 0.335 e. The van der Waals surface area contributed by atoms with E-state index in [-0.39, 0.29) is 29.0 Å². The van der Waals surface area contributed by atoms with Gasteiger partial charge in [0.1, 0.15) is 5.75 Å². The maximum absolute atomic E-state index is 12.0. The highest BCUT2D eigenvalue weighted by atomic mass is 32.2. The van der Waals surface area contributed by atoms with Gasteiger partial charge >= 0.3 is 5.97 Å². The largest absolute Gasteiger partial charge is 0.478 e. The number of hydrogen-bond acceptors (Lipinski definition) is 3. The van der Waals surface area contributed by atoms with E-state index in [0.717, 1.165) is 25.7 Å². The SMILES string of the molecule is O=C(CS(=O)Cc1cccc(C(=O)O)c1)NC1CCCCC1. The zero-order chi connectivity index (χ0) is 15.9. The van der Waals surface area contributed by atoms with Crippen molar-refractivity contribution in [3.63, 3.8) is 0 Å². The molecule has 1 aromatic rings. The number of carbonyl (C=O) groups is 2. The van der Waals surface area contributed by atoms with Gasteiger partial charge in [0.2, 0.25) is 5.91 Å². The number of benzene rings is 1. The molecule has 1 atom stereocenters. The third-order valence-electron chi connectivity index (χ3n) is 3.76. The highest BCUT2D eigenvalue weighted by Crippen LogP contribution is 2.17. The van der Waals surface area contributed by atoms with E-state index in [4.69, 9.17) is 5.11 Å². The molecule has 22 heavy (non-hydrogen) atoms. The quantitative estimate of drug-likeness (QED) is 0.839. The molecular formula is C16H21NO4S. The molecule has 120 valence electrons. The summed E-state index contributed by atoms with van der Waals surface area (Å²) in [6.07, 6.45) is 5.49. The number of rotatable bonds is 6. The van der Waals surface area contributed by atoms with Gasteiger partial charge in [-0.05, 0) is 30.5 Å². The Labute approximate surface area is 132 Å². The number of carbonyl (C=O) groups excluding carboxylic acids is 1. The van der Waals surface area contributed by atoms with E-state index in [0.29, 0.717) is 5.56 Å². The molecule has 1 aromatic carbocycles. The number of nitrogens with one attached hydrogen (secondary N) is 1. The molecule has 0 saturated heterocycles. The standard InChI is InChI=1S/C16H21NO4S/c18-15(17-14-7-2-1-3-8-14)11-22(21)10-12-5-4-6-13(9-12)16(19)20/h4-6,9,14H,1-3,7-8,10-11H2,(H,17,18)(H,19,20). The molecule has 0 bridgehead atoms. The predicted octanol–water partition coefficient (Wildman–Crippen LogP) is 2.08. The number of carboxylic acid groups (broad SMARTS) is 1. The molecule has 0 aromatic heterocycles. The number of aromatic carboxylic acids is 1. The summed E-state index contributed by atoms with van der Waals surface area (Å²) in [6.45, 7) is 0. The maximum atomic E-state index is 12.0. The Hall–Kier alpha value is -1.69. The molecule has 2 N–H and O–H groups in total. The van der Waals surface area contributed by atoms with Crippen LogP contribution in [0.15, 0.2) is 24.3 Å². The van der Waals surface area contributed by atoms with Crippen LogP contribution in [0.2, 0.25) is 0 Å². The first-order valence-corrected chi connectivity index (χ1v) is 9.00. The van der Waals surface area contributed by atoms with Gasteiger partial charge in [-0.1, -0.05) is 31.4 Å². The van der Waals surface area contributed by atoms with Gasteiger partial charge in [0.25, 0.3) is 0 Å². The van der Waals surface area contributed by atoms with Crippen molar-refractivity contribution in [2.45, 2.75) is 43.9 Å². The fourth-order valence-electron chi connectivity index (χ4n) is 2.69. The molecule has 1 aliphatic carbocycles. The molecule has 0 aliphatic heterocycles. The molecular weight excluding hydrogens is 302 g/mol. The zero-order valence-electron chi connectivity index (χ0n) is 12.4. The Morgan fingerprint density at radius 3 is 2.64 bits per heavy atom. The van der Waals surface area contributed by atoms with Gasteiger partial charge in [0, 0.05) is 22.6 Å². The Bertz CT molecular complexity index is 567. The number of amides is 1. The normalized spacial score (nSPS) is 16.9. The van der Waals surface area contributed by atoms with E-state index in [2.05, 4.69) is 5.32 Å². The van der Waals surface area contributed by atoms with Crippen molar-refractivity contribution < 1.29 is 18.9 Å². The van der Waals surface area contributed by atoms with Gasteiger partial charge in [-0.2, -0.15) is 0 Å². The lowest BCUT2D eigenvalue weighted by molar-refractivity contribution is -0.119. The van der Waals surface area contributed by atoms with Gasteiger partial charge in [-0.25, -0.2) is 4.79 Å². The van der Waals surface area contributed by atoms with Crippen molar-refractivity contribution >= 4 is 22.7 Å². The van der Waals surface area contributed by atoms with Crippen LogP contribution in [0, 0.1) is 0 Å². The molecule has 6 heteroatoms. The van der Waals surface area contributed by atoms with Gasteiger partial charge in [0.05, 0.1) is 5.56 Å². The molecule has 5 nitrogen and oxygen atoms in total. The summed E-state index contributed by atoms with van der Waals surface area (Å²) < 4.78 is 12.0. The molecule has 1 amide bonds. The van der Waals surface area contributed by atoms with E-state index in [1.54, 1.807) is 12.1 Å². The van der Waals surface area contributed by atoms with Crippen LogP contribution in [0.4, 0.5) is 0 Å². The highest BCUT2D eigenvalue weighted by molar-refractivity contribution is 7.84. The van der Waals surface area contributed by atoms with E-state index in [1.165, 1.54) is 18.6 Å². The van der Waals surface area contributed by atoms with Crippen LogP contribution < -0.4 is 5.32 Å². The van der Waals surface area contributed by atoms with Crippen molar-refractivity contribution in [1.82, 2.24) is 5.32 Å². The summed E-state index contributed by atoms with van der Waals surface area (Å²) in [7, 11) is -1.33. The summed E-state index contributed by atoms with van der Waals surface area (Å²) in [4.78, 5) is 22.8. The predicted molar refractivity (Wildman–Crippen MR) is 85.1 cm³/mol. The summed E-state index contributed by atoms with van der Waals surface area (Å²) in [6, 6.07) is 6.55. The van der Waals surface area contributed by atoms with Gasteiger partial charge in [-0.3, -0.25) is 9.00 Å². The molecule has 1 unspecified atom stereocenters. The Morgan fingerprint density at radius 1 is 1.23 bits per heavy atom.